The molecule has 2 aliphatic heterocycles. The van der Waals surface area contributed by atoms with Crippen molar-refractivity contribution < 1.29 is 9.53 Å². The van der Waals surface area contributed by atoms with Crippen molar-refractivity contribution >= 4 is 28.4 Å². The topological polar surface area (TPSA) is 50.4 Å². The normalized spacial score (nSPS) is 23.3. The summed E-state index contributed by atoms with van der Waals surface area (Å²) >= 11 is 1.55. The number of rotatable bonds is 2. The number of carbonyl (C=O) groups is 1. The Labute approximate surface area is 145 Å². The maximum Gasteiger partial charge on any atom is 0.254 e. The van der Waals surface area contributed by atoms with Gasteiger partial charge in [0, 0.05) is 5.56 Å². The van der Waals surface area contributed by atoms with Crippen molar-refractivity contribution in [3.05, 3.63) is 59.0 Å². The number of aryl methyl sites for hydroxylation is 1. The smallest absolute Gasteiger partial charge is 0.254 e. The number of hydrogen-bond acceptors (Lipinski definition) is 4. The van der Waals surface area contributed by atoms with Gasteiger partial charge in [-0.3, -0.25) is 4.79 Å². The zero-order valence-electron chi connectivity index (χ0n) is 13.8. The molecule has 5 heteroatoms. The molecule has 0 radical (unpaired) electrons. The number of carbonyl (C=O) groups excluding carboxylic acids is 1. The van der Waals surface area contributed by atoms with Gasteiger partial charge in [0.25, 0.3) is 5.91 Å². The van der Waals surface area contributed by atoms with Crippen molar-refractivity contribution in [2.45, 2.75) is 31.4 Å². The van der Waals surface area contributed by atoms with E-state index in [1.807, 2.05) is 6.26 Å². The molecule has 0 fully saturated rings. The molecule has 124 valence electrons. The largest absolute Gasteiger partial charge is 0.471 e. The van der Waals surface area contributed by atoms with Gasteiger partial charge >= 0.3 is 0 Å². The van der Waals surface area contributed by atoms with Gasteiger partial charge in [-0.15, -0.1) is 11.8 Å². The van der Waals surface area contributed by atoms with Gasteiger partial charge in [-0.2, -0.15) is 0 Å². The Morgan fingerprint density at radius 1 is 1.17 bits per heavy atom. The highest BCUT2D eigenvalue weighted by Crippen LogP contribution is 2.38. The molecule has 2 heterocycles. The molecule has 4 nitrogen and oxygen atoms in total. The maximum atomic E-state index is 12.2. The van der Waals surface area contributed by atoms with Gasteiger partial charge in [0.2, 0.25) is 0 Å². The van der Waals surface area contributed by atoms with Gasteiger partial charge < -0.3 is 15.4 Å². The van der Waals surface area contributed by atoms with E-state index >= 15 is 0 Å². The number of fused-ring (bicyclic) bond motifs is 1. The Balaban J connectivity index is 1.72. The lowest BCUT2D eigenvalue weighted by Crippen LogP contribution is -2.50. The van der Waals surface area contributed by atoms with Crippen LogP contribution >= 0.6 is 11.8 Å². The van der Waals surface area contributed by atoms with Gasteiger partial charge in [0.1, 0.15) is 11.6 Å². The Bertz CT molecular complexity index is 841. The van der Waals surface area contributed by atoms with E-state index in [0.717, 1.165) is 18.4 Å². The molecular weight excluding hydrogens is 320 g/mol. The number of ether oxygens (including phenoxy) is 1. The van der Waals surface area contributed by atoms with Gasteiger partial charge in [-0.25, -0.2) is 0 Å². The van der Waals surface area contributed by atoms with Crippen LogP contribution in [0.2, 0.25) is 0 Å². The van der Waals surface area contributed by atoms with Crippen molar-refractivity contribution in [1.82, 2.24) is 10.6 Å². The Morgan fingerprint density at radius 3 is 2.75 bits per heavy atom. The molecule has 0 aromatic heterocycles. The monoisotopic (exact) mass is 340 g/mol. The summed E-state index contributed by atoms with van der Waals surface area (Å²) in [6, 6.07) is 12.7. The van der Waals surface area contributed by atoms with E-state index in [2.05, 4.69) is 54.0 Å². The lowest BCUT2D eigenvalue weighted by molar-refractivity contribution is -0.119. The molecule has 24 heavy (non-hydrogen) atoms. The summed E-state index contributed by atoms with van der Waals surface area (Å²) < 4.78 is 6.24. The minimum atomic E-state index is -0.135. The third kappa shape index (κ3) is 2.53. The van der Waals surface area contributed by atoms with E-state index in [-0.39, 0.29) is 17.5 Å². The predicted molar refractivity (Wildman–Crippen MR) is 97.4 cm³/mol. The average Bonchev–Trinajstić information content (AvgIpc) is 2.61. The lowest BCUT2D eigenvalue weighted by atomic mass is 9.92. The molecule has 0 saturated carbocycles. The van der Waals surface area contributed by atoms with E-state index in [0.29, 0.717) is 5.88 Å². The third-order valence-corrected chi connectivity index (χ3v) is 5.42. The fourth-order valence-electron chi connectivity index (χ4n) is 3.53. The zero-order chi connectivity index (χ0) is 16.7. The molecule has 2 aromatic carbocycles. The summed E-state index contributed by atoms with van der Waals surface area (Å²) in [5, 5.41) is 8.71. The standard InChI is InChI=1S/C19H20N2O2S/c1-11-5-3-6-12-7-4-8-13(16(11)12)15-10-9-14-17(22)20-19(24-2)21-18(14)23-15/h3-8,15,19,21H,9-10H2,1-2H3,(H,20,22). The Hall–Kier alpha value is -2.14. The fraction of sp³-hybridized carbons (Fsp3) is 0.316. The van der Waals surface area contributed by atoms with Crippen molar-refractivity contribution in [1.29, 1.82) is 0 Å². The first-order valence-corrected chi connectivity index (χ1v) is 9.44. The molecule has 2 N–H and O–H groups in total. The van der Waals surface area contributed by atoms with Crippen LogP contribution in [0.25, 0.3) is 10.8 Å². The molecule has 2 unspecified atom stereocenters. The van der Waals surface area contributed by atoms with Crippen LogP contribution < -0.4 is 10.6 Å². The highest BCUT2D eigenvalue weighted by Gasteiger charge is 2.33. The van der Waals surface area contributed by atoms with Gasteiger partial charge in [0.15, 0.2) is 5.88 Å². The van der Waals surface area contributed by atoms with Gasteiger partial charge in [-0.05, 0) is 42.4 Å². The summed E-state index contributed by atoms with van der Waals surface area (Å²) in [4.78, 5) is 12.2. The van der Waals surface area contributed by atoms with Crippen LogP contribution in [0.4, 0.5) is 0 Å². The van der Waals surface area contributed by atoms with Crippen LogP contribution in [0.5, 0.6) is 0 Å². The van der Waals surface area contributed by atoms with Crippen LogP contribution in [0.15, 0.2) is 47.9 Å². The molecule has 0 bridgehead atoms. The second kappa shape index (κ2) is 6.06. The second-order valence-electron chi connectivity index (χ2n) is 6.21. The molecule has 0 saturated heterocycles. The van der Waals surface area contributed by atoms with Crippen LogP contribution in [-0.2, 0) is 9.53 Å². The van der Waals surface area contributed by atoms with E-state index in [4.69, 9.17) is 4.74 Å². The summed E-state index contributed by atoms with van der Waals surface area (Å²) in [7, 11) is 0. The fourth-order valence-corrected chi connectivity index (χ4v) is 3.98. The quantitative estimate of drug-likeness (QED) is 0.877. The summed E-state index contributed by atoms with van der Waals surface area (Å²) in [6.45, 7) is 2.13. The average molecular weight is 340 g/mol. The molecule has 0 spiro atoms. The van der Waals surface area contributed by atoms with Gasteiger partial charge in [-0.1, -0.05) is 36.4 Å². The minimum absolute atomic E-state index is 0.0179. The predicted octanol–water partition coefficient (Wildman–Crippen LogP) is 3.58. The van der Waals surface area contributed by atoms with Crippen molar-refractivity contribution in [2.75, 3.05) is 6.26 Å². The molecule has 1 amide bonds. The number of thioether (sulfide) groups is 1. The summed E-state index contributed by atoms with van der Waals surface area (Å²) in [5.74, 6) is 0.621. The van der Waals surface area contributed by atoms with Crippen molar-refractivity contribution in [2.24, 2.45) is 0 Å². The van der Waals surface area contributed by atoms with E-state index in [9.17, 15) is 4.79 Å². The second-order valence-corrected chi connectivity index (χ2v) is 7.15. The molecular formula is C19H20N2O2S. The van der Waals surface area contributed by atoms with E-state index in [1.165, 1.54) is 21.9 Å². The number of amides is 1. The molecule has 2 aromatic rings. The van der Waals surface area contributed by atoms with Crippen molar-refractivity contribution in [3.63, 3.8) is 0 Å². The number of nitrogens with one attached hydrogen (secondary N) is 2. The highest BCUT2D eigenvalue weighted by atomic mass is 32.2. The van der Waals surface area contributed by atoms with Crippen LogP contribution in [0, 0.1) is 6.92 Å². The van der Waals surface area contributed by atoms with Crippen molar-refractivity contribution in [3.8, 4) is 0 Å². The van der Waals surface area contributed by atoms with E-state index < -0.39 is 0 Å². The molecule has 0 aliphatic carbocycles. The minimum Gasteiger partial charge on any atom is -0.471 e. The SMILES string of the molecule is CSC1NC(=O)C2=C(N1)OC(c1cccc3cccc(C)c13)CC2. The van der Waals surface area contributed by atoms with Crippen LogP contribution in [-0.4, -0.2) is 17.7 Å². The number of benzene rings is 2. The molecule has 2 aliphatic rings. The lowest BCUT2D eigenvalue weighted by Gasteiger charge is -2.35. The first-order chi connectivity index (χ1) is 11.7. The van der Waals surface area contributed by atoms with Crippen LogP contribution in [0.3, 0.4) is 0 Å². The van der Waals surface area contributed by atoms with Crippen LogP contribution in [0.1, 0.15) is 30.1 Å². The Kier molecular flexibility index (Phi) is 3.88. The molecule has 4 rings (SSSR count). The Morgan fingerprint density at radius 2 is 1.96 bits per heavy atom. The molecule has 2 atom stereocenters. The summed E-state index contributed by atoms with van der Waals surface area (Å²) in [6.07, 6.45) is 3.46. The zero-order valence-corrected chi connectivity index (χ0v) is 14.6. The first kappa shape index (κ1) is 15.4. The third-order valence-electron chi connectivity index (χ3n) is 4.72. The highest BCUT2D eigenvalue weighted by molar-refractivity contribution is 7.99. The summed E-state index contributed by atoms with van der Waals surface area (Å²) in [5.41, 5.74) is 3.05. The van der Waals surface area contributed by atoms with E-state index in [1.54, 1.807) is 11.8 Å². The first-order valence-electron chi connectivity index (χ1n) is 8.15. The number of hydrogen-bond donors (Lipinski definition) is 2. The van der Waals surface area contributed by atoms with Gasteiger partial charge in [0.05, 0.1) is 5.57 Å². The maximum absolute atomic E-state index is 12.2.